The fourth-order valence-electron chi connectivity index (χ4n) is 9.96. The Bertz CT molecular complexity index is 2630. The molecule has 1 unspecified atom stereocenters. The van der Waals surface area contributed by atoms with Crippen molar-refractivity contribution in [2.45, 2.75) is 229 Å². The number of carboxylic acid groups (broad SMARTS) is 5. The highest BCUT2D eigenvalue weighted by Gasteiger charge is 2.27. The van der Waals surface area contributed by atoms with E-state index in [9.17, 15) is 97.5 Å². The number of hydrogen-bond donors (Lipinski definition) is 17. The Kier molecular flexibility index (Phi) is 59.8. The molecular formula is C68H119N11O28. The molecule has 0 bridgehead atoms. The minimum atomic E-state index is -1.50. The number of aliphatic hydroxyl groups is 1. The van der Waals surface area contributed by atoms with E-state index in [4.69, 9.17) is 49.7 Å². The molecule has 19 N–H and O–H groups in total. The van der Waals surface area contributed by atoms with E-state index in [2.05, 4.69) is 47.9 Å². The summed E-state index contributed by atoms with van der Waals surface area (Å²) in [6, 6.07) is -7.32. The summed E-state index contributed by atoms with van der Waals surface area (Å²) < 4.78 is 36.7. The number of nitrogens with two attached hydrogens (primary N) is 2. The van der Waals surface area contributed by atoms with Gasteiger partial charge in [-0.3, -0.25) is 52.7 Å². The molecule has 614 valence electrons. The highest BCUT2D eigenvalue weighted by molar-refractivity contribution is 5.88. The summed E-state index contributed by atoms with van der Waals surface area (Å²) in [7, 11) is 1.20. The lowest BCUT2D eigenvalue weighted by Crippen LogP contribution is -2.46. The molecule has 0 aliphatic carbocycles. The normalized spacial score (nSPS) is 13.0. The molecule has 0 aliphatic rings. The number of carbonyl (C=O) groups is 15. The number of unbranched alkanes of at least 4 members (excludes halogenated alkanes) is 14. The topological polar surface area (TPSA) is 602 Å². The molecule has 0 radical (unpaired) electrons. The van der Waals surface area contributed by atoms with E-state index in [0.717, 1.165) is 57.8 Å². The van der Waals surface area contributed by atoms with Crippen molar-refractivity contribution in [3.8, 4) is 0 Å². The number of nitrogens with one attached hydrogen (secondary N) is 9. The second-order valence-corrected chi connectivity index (χ2v) is 25.1. The third-order valence-corrected chi connectivity index (χ3v) is 16.0. The summed E-state index contributed by atoms with van der Waals surface area (Å²) in [6.07, 6.45) is 12.4. The summed E-state index contributed by atoms with van der Waals surface area (Å²) >= 11 is 0. The van der Waals surface area contributed by atoms with Crippen molar-refractivity contribution < 1.29 is 136 Å². The van der Waals surface area contributed by atoms with Gasteiger partial charge in [0.25, 0.3) is 0 Å². The zero-order chi connectivity index (χ0) is 79.8. The van der Waals surface area contributed by atoms with Crippen molar-refractivity contribution in [2.24, 2.45) is 11.5 Å². The molecule has 0 aromatic heterocycles. The van der Waals surface area contributed by atoms with E-state index in [0.29, 0.717) is 25.7 Å². The van der Waals surface area contributed by atoms with Crippen LogP contribution in [-0.4, -0.2) is 275 Å². The maximum absolute atomic E-state index is 12.8. The minimum absolute atomic E-state index is 0.00113. The Morgan fingerprint density at radius 3 is 0.925 bits per heavy atom. The van der Waals surface area contributed by atoms with E-state index >= 15 is 0 Å². The molecule has 0 aliphatic heterocycles. The molecule has 39 heteroatoms. The van der Waals surface area contributed by atoms with Crippen LogP contribution in [0.4, 0.5) is 0 Å². The lowest BCUT2D eigenvalue weighted by molar-refractivity contribution is -0.143. The number of ether oxygens (including phenoxy) is 7. The first-order valence-electron chi connectivity index (χ1n) is 36.5. The second kappa shape index (κ2) is 64.8. The van der Waals surface area contributed by atoms with Crippen LogP contribution in [0.1, 0.15) is 186 Å². The smallest absolute Gasteiger partial charge is 0.326 e. The third-order valence-electron chi connectivity index (χ3n) is 16.0. The molecule has 7 atom stereocenters. The Hall–Kier alpha value is -8.31. The second-order valence-electron chi connectivity index (χ2n) is 25.1. The predicted molar refractivity (Wildman–Crippen MR) is 379 cm³/mol. The summed E-state index contributed by atoms with van der Waals surface area (Å²) in [4.78, 5) is 180. The fraction of sp³-hybridized carbons (Fsp3) is 0.779. The Morgan fingerprint density at radius 1 is 0.308 bits per heavy atom. The number of rotatable bonds is 73. The van der Waals surface area contributed by atoms with Crippen LogP contribution in [0.2, 0.25) is 0 Å². The van der Waals surface area contributed by atoms with Gasteiger partial charge in [-0.1, -0.05) is 77.0 Å². The first-order chi connectivity index (χ1) is 51.1. The number of carbonyl (C=O) groups excluding carboxylic acids is 10. The standard InChI is InChI=1S/C68H119N11O28/c1-101-68(100)52(79-58(85)30-24-48(64(92)93)75-57(84)19-14-12-10-8-6-4-2-3-5-7-9-11-13-15-20-62(89)90)25-29-56(83)74-34-37-104-40-43-107-46-61(88)78-51(67(98)99)23-28-55(82)73-33-36-103-39-42-106-45-60(87)77-50(66(96)97)22-27-54(81)72-32-35-102-38-41-105-44-59(86)76-49(65(94)95)21-26-53(80)71-31-17-16-18-47(69)63(70)91/h47-52,68,100H,2-46,69H2,1H3,(H2,70,91)(H,71,80)(H,72,81)(H,73,82)(H,74,83)(H,75,84)(H,76,86)(H,77,87)(H,78,88)(H,79,85)(H,89,90)(H,92,93)(H,94,95)(H,96,97)(H,98,99)/t47-,48-,49-,50-,51-,52-,68?/m0/s1. The van der Waals surface area contributed by atoms with Gasteiger partial charge in [-0.2, -0.15) is 0 Å². The number of carboxylic acids is 5. The highest BCUT2D eigenvalue weighted by Crippen LogP contribution is 2.15. The number of aliphatic carboxylic acids is 5. The van der Waals surface area contributed by atoms with Crippen molar-refractivity contribution in [1.29, 1.82) is 0 Å². The highest BCUT2D eigenvalue weighted by atomic mass is 16.6. The van der Waals surface area contributed by atoms with Crippen molar-refractivity contribution in [3.05, 3.63) is 0 Å². The number of aliphatic hydroxyl groups excluding tert-OH is 1. The van der Waals surface area contributed by atoms with Gasteiger partial charge in [0.05, 0.1) is 71.5 Å². The Morgan fingerprint density at radius 2 is 0.598 bits per heavy atom. The van der Waals surface area contributed by atoms with Gasteiger partial charge >= 0.3 is 29.8 Å². The first-order valence-corrected chi connectivity index (χ1v) is 36.5. The van der Waals surface area contributed by atoms with Gasteiger partial charge in [-0.05, 0) is 64.2 Å². The van der Waals surface area contributed by atoms with Crippen molar-refractivity contribution in [2.75, 3.05) is 113 Å². The number of amides is 10. The van der Waals surface area contributed by atoms with Gasteiger partial charge in [0.15, 0.2) is 6.29 Å². The number of primary amides is 1. The summed E-state index contributed by atoms with van der Waals surface area (Å²) in [5.74, 6) is -12.1. The average Bonchev–Trinajstić information content (AvgIpc) is 0.925. The van der Waals surface area contributed by atoms with Crippen LogP contribution in [0, 0.1) is 0 Å². The summed E-state index contributed by atoms with van der Waals surface area (Å²) in [5, 5.41) is 79.5. The van der Waals surface area contributed by atoms with Crippen LogP contribution in [0.15, 0.2) is 0 Å². The van der Waals surface area contributed by atoms with E-state index < -0.39 is 151 Å². The molecule has 0 rings (SSSR count). The van der Waals surface area contributed by atoms with Gasteiger partial charge in [0, 0.05) is 78.2 Å². The molecule has 0 saturated heterocycles. The average molecular weight is 1540 g/mol. The maximum atomic E-state index is 12.8. The molecule has 0 aromatic rings. The molecule has 0 fully saturated rings. The monoisotopic (exact) mass is 1540 g/mol. The van der Waals surface area contributed by atoms with Crippen molar-refractivity contribution in [3.63, 3.8) is 0 Å². The van der Waals surface area contributed by atoms with Crippen molar-refractivity contribution >= 4 is 88.9 Å². The summed E-state index contributed by atoms with van der Waals surface area (Å²) in [5.41, 5.74) is 10.6. The molecule has 107 heavy (non-hydrogen) atoms. The maximum Gasteiger partial charge on any atom is 0.326 e. The minimum Gasteiger partial charge on any atom is -0.481 e. The quantitative estimate of drug-likeness (QED) is 0.0243. The zero-order valence-electron chi connectivity index (χ0n) is 61.7. The lowest BCUT2D eigenvalue weighted by Gasteiger charge is -2.23. The Balaban J connectivity index is 4.22. The Labute approximate surface area is 623 Å². The van der Waals surface area contributed by atoms with Gasteiger partial charge < -0.3 is 123 Å². The van der Waals surface area contributed by atoms with Crippen LogP contribution in [0.25, 0.3) is 0 Å². The van der Waals surface area contributed by atoms with Crippen LogP contribution in [0.5, 0.6) is 0 Å². The number of hydrogen-bond acceptors (Lipinski definition) is 24. The molecule has 0 spiro atoms. The largest absolute Gasteiger partial charge is 0.481 e. The number of methoxy groups -OCH3 is 1. The zero-order valence-corrected chi connectivity index (χ0v) is 61.7. The SMILES string of the molecule is COC(O)[C@H](CCC(=O)NCCOCCOCC(=O)N[C@@H](CCC(=O)NCCOCCOCC(=O)N[C@@H](CCC(=O)NCCOCCOCC(=O)N[C@@H](CCC(=O)NCCCC[C@H](N)C(N)=O)C(=O)O)C(=O)O)C(=O)O)NC(=O)CC[C@H](NC(=O)CCCCCCCCCCCCCCCCC(=O)O)C(=O)O. The summed E-state index contributed by atoms with van der Waals surface area (Å²) in [6.45, 7) is -1.42. The van der Waals surface area contributed by atoms with E-state index in [1.807, 2.05) is 0 Å². The van der Waals surface area contributed by atoms with Gasteiger partial charge in [0.2, 0.25) is 59.1 Å². The van der Waals surface area contributed by atoms with Gasteiger partial charge in [-0.15, -0.1) is 0 Å². The van der Waals surface area contributed by atoms with Crippen LogP contribution < -0.4 is 59.3 Å². The van der Waals surface area contributed by atoms with Crippen LogP contribution in [-0.2, 0) is 105 Å². The van der Waals surface area contributed by atoms with Crippen LogP contribution in [0.3, 0.4) is 0 Å². The molecule has 39 nitrogen and oxygen atoms in total. The molecule has 0 aromatic carbocycles. The molecule has 0 heterocycles. The molecular weight excluding hydrogens is 1420 g/mol. The third kappa shape index (κ3) is 59.4. The fourth-order valence-corrected chi connectivity index (χ4v) is 9.96. The van der Waals surface area contributed by atoms with E-state index in [1.54, 1.807) is 0 Å². The van der Waals surface area contributed by atoms with Gasteiger partial charge in [-0.25, -0.2) is 19.2 Å². The van der Waals surface area contributed by atoms with E-state index in [1.165, 1.54) is 32.8 Å². The van der Waals surface area contributed by atoms with Gasteiger partial charge in [0.1, 0.15) is 44.0 Å². The predicted octanol–water partition coefficient (Wildman–Crippen LogP) is -1.51. The molecule has 0 saturated carbocycles. The van der Waals surface area contributed by atoms with Crippen LogP contribution >= 0.6 is 0 Å². The van der Waals surface area contributed by atoms with Crippen molar-refractivity contribution in [1.82, 2.24) is 47.9 Å². The molecule has 10 amide bonds. The first kappa shape index (κ1) is 98.7. The van der Waals surface area contributed by atoms with E-state index in [-0.39, 0.29) is 163 Å². The lowest BCUT2D eigenvalue weighted by atomic mass is 10.0.